The first kappa shape index (κ1) is 26.4. The Morgan fingerprint density at radius 2 is 1.64 bits per heavy atom. The van der Waals surface area contributed by atoms with E-state index >= 15 is 0 Å². The number of aromatic nitrogens is 2. The Bertz CT molecular complexity index is 1460. The van der Waals surface area contributed by atoms with Gasteiger partial charge in [-0.25, -0.2) is 21.1 Å². The molecule has 196 valence electrons. The van der Waals surface area contributed by atoms with Gasteiger partial charge in [0.2, 0.25) is 10.0 Å². The number of ether oxygens (including phenoxy) is 1. The van der Waals surface area contributed by atoms with E-state index in [1.807, 2.05) is 13.1 Å². The number of sulfonamides is 2. The first-order valence-corrected chi connectivity index (χ1v) is 14.5. The zero-order chi connectivity index (χ0) is 26.3. The van der Waals surface area contributed by atoms with Crippen LogP contribution in [0.25, 0.3) is 10.9 Å². The Morgan fingerprint density at radius 3 is 2.22 bits per heavy atom. The van der Waals surface area contributed by atoms with Gasteiger partial charge in [0.25, 0.3) is 10.0 Å². The van der Waals surface area contributed by atoms with Crippen LogP contribution in [0.1, 0.15) is 19.8 Å². The fraction of sp³-hybridized carbons (Fsp3) is 0.458. The number of fused-ring (bicyclic) bond motifs is 1. The van der Waals surface area contributed by atoms with Gasteiger partial charge in [0, 0.05) is 46.7 Å². The van der Waals surface area contributed by atoms with Crippen molar-refractivity contribution in [1.29, 1.82) is 0 Å². The maximum Gasteiger partial charge on any atom is 0.261 e. The van der Waals surface area contributed by atoms with Crippen molar-refractivity contribution in [2.24, 2.45) is 12.5 Å². The molecule has 2 aromatic carbocycles. The van der Waals surface area contributed by atoms with Crippen LogP contribution in [-0.4, -0.2) is 71.8 Å². The quantitative estimate of drug-likeness (QED) is 0.472. The second-order valence-electron chi connectivity index (χ2n) is 9.76. The molecule has 0 amide bonds. The van der Waals surface area contributed by atoms with Crippen LogP contribution in [-0.2, 0) is 31.8 Å². The monoisotopic (exact) mass is 535 g/mol. The van der Waals surface area contributed by atoms with Gasteiger partial charge in [0.05, 0.1) is 39.5 Å². The Labute approximate surface area is 212 Å². The molecule has 3 aromatic rings. The average Bonchev–Trinajstić information content (AvgIpc) is 3.20. The first-order chi connectivity index (χ1) is 16.9. The zero-order valence-corrected chi connectivity index (χ0v) is 22.9. The Hall–Kier alpha value is -2.67. The standard InChI is InChI=1S/C24H33N5O5S2/c1-24(17-34-5)12-14-29(15-13-24)23-20-16-25-28(4)22(20)11-10-21(23)26-35(30,31)18-6-8-19(9-7-18)36(32,33)27(2)3/h6-11,16,26H,12-15,17H2,1-5H3. The van der Waals surface area contributed by atoms with Crippen molar-refractivity contribution in [3.05, 3.63) is 42.6 Å². The minimum Gasteiger partial charge on any atom is -0.384 e. The minimum atomic E-state index is -3.98. The Morgan fingerprint density at radius 1 is 1.03 bits per heavy atom. The van der Waals surface area contributed by atoms with Crippen molar-refractivity contribution in [1.82, 2.24) is 14.1 Å². The summed E-state index contributed by atoms with van der Waals surface area (Å²) in [6.07, 6.45) is 3.57. The number of hydrogen-bond donors (Lipinski definition) is 1. The van der Waals surface area contributed by atoms with Gasteiger partial charge in [0.1, 0.15) is 0 Å². The van der Waals surface area contributed by atoms with E-state index < -0.39 is 20.0 Å². The van der Waals surface area contributed by atoms with Crippen molar-refractivity contribution in [2.75, 3.05) is 50.5 Å². The van der Waals surface area contributed by atoms with E-state index in [4.69, 9.17) is 4.74 Å². The summed E-state index contributed by atoms with van der Waals surface area (Å²) in [6, 6.07) is 8.81. The molecule has 0 atom stereocenters. The molecular weight excluding hydrogens is 502 g/mol. The number of methoxy groups -OCH3 is 1. The smallest absolute Gasteiger partial charge is 0.261 e. The lowest BCUT2D eigenvalue weighted by Crippen LogP contribution is -2.41. The summed E-state index contributed by atoms with van der Waals surface area (Å²) in [4.78, 5) is 2.20. The second kappa shape index (κ2) is 9.66. The van der Waals surface area contributed by atoms with Gasteiger partial charge in [-0.05, 0) is 54.7 Å². The van der Waals surface area contributed by atoms with Gasteiger partial charge in [-0.2, -0.15) is 5.10 Å². The van der Waals surface area contributed by atoms with Crippen LogP contribution >= 0.6 is 0 Å². The summed E-state index contributed by atoms with van der Waals surface area (Å²) < 4.78 is 62.4. The van der Waals surface area contributed by atoms with Crippen molar-refractivity contribution < 1.29 is 21.6 Å². The second-order valence-corrected chi connectivity index (χ2v) is 13.6. The van der Waals surface area contributed by atoms with Crippen LogP contribution in [0.5, 0.6) is 0 Å². The van der Waals surface area contributed by atoms with E-state index in [9.17, 15) is 16.8 Å². The van der Waals surface area contributed by atoms with E-state index in [1.54, 1.807) is 24.1 Å². The van der Waals surface area contributed by atoms with E-state index in [0.29, 0.717) is 12.3 Å². The minimum absolute atomic E-state index is 0.0243. The van der Waals surface area contributed by atoms with Crippen LogP contribution in [0.15, 0.2) is 52.4 Å². The van der Waals surface area contributed by atoms with Gasteiger partial charge in [-0.15, -0.1) is 0 Å². The lowest BCUT2D eigenvalue weighted by atomic mass is 9.81. The summed E-state index contributed by atoms with van der Waals surface area (Å²) in [5.74, 6) is 0. The van der Waals surface area contributed by atoms with Crippen molar-refractivity contribution in [3.8, 4) is 0 Å². The number of nitrogens with one attached hydrogen (secondary N) is 1. The summed E-state index contributed by atoms with van der Waals surface area (Å²) in [5.41, 5.74) is 2.21. The molecule has 1 aromatic heterocycles. The molecule has 0 spiro atoms. The van der Waals surface area contributed by atoms with E-state index in [1.165, 1.54) is 38.4 Å². The molecule has 0 aliphatic carbocycles. The number of benzene rings is 2. The summed E-state index contributed by atoms with van der Waals surface area (Å²) in [5, 5.41) is 5.25. The molecule has 36 heavy (non-hydrogen) atoms. The van der Waals surface area contributed by atoms with Crippen LogP contribution < -0.4 is 9.62 Å². The van der Waals surface area contributed by atoms with Gasteiger partial charge < -0.3 is 9.64 Å². The normalized spacial score (nSPS) is 16.6. The lowest BCUT2D eigenvalue weighted by molar-refractivity contribution is 0.0732. The number of aryl methyl sites for hydroxylation is 1. The Kier molecular flexibility index (Phi) is 7.08. The number of hydrogen-bond acceptors (Lipinski definition) is 7. The fourth-order valence-electron chi connectivity index (χ4n) is 4.60. The molecule has 0 saturated carbocycles. The summed E-state index contributed by atoms with van der Waals surface area (Å²) in [7, 11) is -1.23. The SMILES string of the molecule is COCC1(C)CCN(c2c(NS(=O)(=O)c3ccc(S(=O)(=O)N(C)C)cc3)ccc3c2cnn3C)CC1. The molecule has 4 rings (SSSR count). The molecule has 1 N–H and O–H groups in total. The molecule has 1 saturated heterocycles. The largest absolute Gasteiger partial charge is 0.384 e. The van der Waals surface area contributed by atoms with Crippen LogP contribution in [0, 0.1) is 5.41 Å². The molecular formula is C24H33N5O5S2. The number of piperidine rings is 1. The maximum atomic E-state index is 13.3. The number of rotatable bonds is 8. The van der Waals surface area contributed by atoms with Gasteiger partial charge in [-0.3, -0.25) is 9.40 Å². The van der Waals surface area contributed by atoms with Gasteiger partial charge in [-0.1, -0.05) is 6.92 Å². The molecule has 1 fully saturated rings. The number of nitrogens with zero attached hydrogens (tertiary/aromatic N) is 4. The van der Waals surface area contributed by atoms with E-state index in [0.717, 1.165) is 46.8 Å². The fourth-order valence-corrected chi connectivity index (χ4v) is 6.57. The van der Waals surface area contributed by atoms with E-state index in [2.05, 4.69) is 21.6 Å². The Balaban J connectivity index is 1.69. The van der Waals surface area contributed by atoms with Crippen LogP contribution in [0.2, 0.25) is 0 Å². The third-order valence-electron chi connectivity index (χ3n) is 6.84. The topological polar surface area (TPSA) is 114 Å². The van der Waals surface area contributed by atoms with Crippen LogP contribution in [0.3, 0.4) is 0 Å². The predicted molar refractivity (Wildman–Crippen MR) is 140 cm³/mol. The third kappa shape index (κ3) is 4.95. The highest BCUT2D eigenvalue weighted by Crippen LogP contribution is 2.40. The third-order valence-corrected chi connectivity index (χ3v) is 10.0. The molecule has 0 bridgehead atoms. The highest BCUT2D eigenvalue weighted by atomic mass is 32.2. The van der Waals surface area contributed by atoms with Crippen molar-refractivity contribution in [2.45, 2.75) is 29.6 Å². The highest BCUT2D eigenvalue weighted by molar-refractivity contribution is 7.92. The van der Waals surface area contributed by atoms with Crippen LogP contribution in [0.4, 0.5) is 11.4 Å². The molecule has 10 nitrogen and oxygen atoms in total. The zero-order valence-electron chi connectivity index (χ0n) is 21.2. The van der Waals surface area contributed by atoms with E-state index in [-0.39, 0.29) is 15.2 Å². The van der Waals surface area contributed by atoms with Gasteiger partial charge in [0.15, 0.2) is 0 Å². The molecule has 2 heterocycles. The molecule has 1 aliphatic rings. The molecule has 1 aliphatic heterocycles. The maximum absolute atomic E-state index is 13.3. The van der Waals surface area contributed by atoms with Crippen molar-refractivity contribution in [3.63, 3.8) is 0 Å². The van der Waals surface area contributed by atoms with Crippen molar-refractivity contribution >= 4 is 42.3 Å². The average molecular weight is 536 g/mol. The summed E-state index contributed by atoms with van der Waals surface area (Å²) in [6.45, 7) is 4.39. The predicted octanol–water partition coefficient (Wildman–Crippen LogP) is 2.88. The molecule has 0 unspecified atom stereocenters. The summed E-state index contributed by atoms with van der Waals surface area (Å²) >= 11 is 0. The number of anilines is 2. The lowest BCUT2D eigenvalue weighted by Gasteiger charge is -2.40. The molecule has 12 heteroatoms. The van der Waals surface area contributed by atoms with Gasteiger partial charge >= 0.3 is 0 Å². The molecule has 0 radical (unpaired) electrons. The first-order valence-electron chi connectivity index (χ1n) is 11.6. The highest BCUT2D eigenvalue weighted by Gasteiger charge is 2.32.